The summed E-state index contributed by atoms with van der Waals surface area (Å²) in [6, 6.07) is 5.98. The minimum Gasteiger partial charge on any atom is -0.508 e. The summed E-state index contributed by atoms with van der Waals surface area (Å²) in [6.45, 7) is 1.18. The molecule has 1 saturated heterocycles. The first-order valence-electron chi connectivity index (χ1n) is 5.16. The van der Waals surface area contributed by atoms with Crippen LogP contribution >= 0.6 is 0 Å². The normalized spacial score (nSPS) is 17.2. The molecule has 0 bridgehead atoms. The second-order valence-electron chi connectivity index (χ2n) is 3.75. The van der Waals surface area contributed by atoms with Gasteiger partial charge in [0.05, 0.1) is 0 Å². The van der Waals surface area contributed by atoms with E-state index in [2.05, 4.69) is 5.43 Å². The van der Waals surface area contributed by atoms with Crippen molar-refractivity contribution in [2.45, 2.75) is 6.92 Å². The average molecular weight is 246 g/mol. The fourth-order valence-corrected chi connectivity index (χ4v) is 1.52. The van der Waals surface area contributed by atoms with Gasteiger partial charge in [0.2, 0.25) is 5.91 Å². The first kappa shape index (κ1) is 11.8. The molecule has 2 rings (SSSR count). The number of carbonyl (C=O) groups excluding carboxylic acids is 3. The third-order valence-corrected chi connectivity index (χ3v) is 2.41. The van der Waals surface area contributed by atoms with Gasteiger partial charge in [0.15, 0.2) is 0 Å². The van der Waals surface area contributed by atoms with Gasteiger partial charge in [-0.15, -0.1) is 0 Å². The third kappa shape index (κ3) is 2.08. The Labute approximate surface area is 102 Å². The number of aromatic hydroxyl groups is 1. The topological polar surface area (TPSA) is 86.7 Å². The Kier molecular flexibility index (Phi) is 2.85. The van der Waals surface area contributed by atoms with E-state index in [1.165, 1.54) is 25.1 Å². The number of hydrogen-bond donors (Lipinski definition) is 2. The number of rotatable bonds is 1. The molecule has 0 unspecified atom stereocenters. The summed E-state index contributed by atoms with van der Waals surface area (Å²) >= 11 is 0. The maximum atomic E-state index is 11.7. The van der Waals surface area contributed by atoms with Crippen LogP contribution in [-0.2, 0) is 14.4 Å². The van der Waals surface area contributed by atoms with Gasteiger partial charge in [-0.05, 0) is 23.8 Å². The number of hydrogen-bond acceptors (Lipinski definition) is 4. The lowest BCUT2D eigenvalue weighted by molar-refractivity contribution is -0.143. The van der Waals surface area contributed by atoms with Crippen LogP contribution in [0.4, 0.5) is 0 Å². The minimum atomic E-state index is -0.680. The Morgan fingerprint density at radius 3 is 2.39 bits per heavy atom. The second kappa shape index (κ2) is 4.33. The Hall–Kier alpha value is -2.63. The summed E-state index contributed by atoms with van der Waals surface area (Å²) in [5.41, 5.74) is 2.63. The van der Waals surface area contributed by atoms with E-state index in [9.17, 15) is 14.4 Å². The number of nitrogens with zero attached hydrogens (tertiary/aromatic N) is 1. The standard InChI is InChI=1S/C12H10N2O4/c1-7(15)14-12(18)10(11(17)13-14)6-8-2-4-9(16)5-3-8/h2-6,16H,1H3,(H,13,17). The molecule has 0 aliphatic carbocycles. The number of imide groups is 1. The van der Waals surface area contributed by atoms with Gasteiger partial charge < -0.3 is 5.11 Å². The molecule has 18 heavy (non-hydrogen) atoms. The van der Waals surface area contributed by atoms with Gasteiger partial charge in [-0.25, -0.2) is 0 Å². The largest absolute Gasteiger partial charge is 0.508 e. The second-order valence-corrected chi connectivity index (χ2v) is 3.75. The van der Waals surface area contributed by atoms with E-state index in [1.54, 1.807) is 12.1 Å². The van der Waals surface area contributed by atoms with Crippen LogP contribution in [0.15, 0.2) is 29.8 Å². The summed E-state index contributed by atoms with van der Waals surface area (Å²) in [4.78, 5) is 34.3. The maximum absolute atomic E-state index is 11.7. The quantitative estimate of drug-likeness (QED) is 0.547. The van der Waals surface area contributed by atoms with E-state index in [-0.39, 0.29) is 11.3 Å². The van der Waals surface area contributed by atoms with E-state index in [0.29, 0.717) is 10.6 Å². The number of phenols is 1. The van der Waals surface area contributed by atoms with Crippen molar-refractivity contribution in [3.8, 4) is 5.75 Å². The molecule has 0 saturated carbocycles. The minimum absolute atomic E-state index is 0.0877. The SMILES string of the molecule is CC(=O)N1NC(=O)C(=Cc2ccc(O)cc2)C1=O. The van der Waals surface area contributed by atoms with Crippen LogP contribution < -0.4 is 5.43 Å². The van der Waals surface area contributed by atoms with E-state index in [4.69, 9.17) is 5.11 Å². The van der Waals surface area contributed by atoms with Gasteiger partial charge in [-0.1, -0.05) is 12.1 Å². The highest BCUT2D eigenvalue weighted by molar-refractivity contribution is 6.28. The molecule has 92 valence electrons. The van der Waals surface area contributed by atoms with E-state index in [1.807, 2.05) is 0 Å². The van der Waals surface area contributed by atoms with E-state index >= 15 is 0 Å². The zero-order chi connectivity index (χ0) is 13.3. The molecule has 1 heterocycles. The molecule has 0 radical (unpaired) electrons. The predicted molar refractivity (Wildman–Crippen MR) is 61.8 cm³/mol. The van der Waals surface area contributed by atoms with Gasteiger partial charge in [-0.3, -0.25) is 19.8 Å². The van der Waals surface area contributed by atoms with Crippen molar-refractivity contribution in [2.75, 3.05) is 0 Å². The zero-order valence-electron chi connectivity index (χ0n) is 9.51. The molecule has 6 nitrogen and oxygen atoms in total. The van der Waals surface area contributed by atoms with Crippen molar-refractivity contribution in [1.82, 2.24) is 10.4 Å². The maximum Gasteiger partial charge on any atom is 0.285 e. The molecule has 1 aromatic rings. The number of hydrazine groups is 1. The van der Waals surface area contributed by atoms with Crippen LogP contribution in [0.25, 0.3) is 6.08 Å². The molecule has 0 aromatic heterocycles. The van der Waals surface area contributed by atoms with Crippen LogP contribution in [0.5, 0.6) is 5.75 Å². The average Bonchev–Trinajstić information content (AvgIpc) is 2.60. The number of nitrogens with one attached hydrogen (secondary N) is 1. The molecule has 1 aliphatic heterocycles. The smallest absolute Gasteiger partial charge is 0.285 e. The molecular weight excluding hydrogens is 236 g/mol. The predicted octanol–water partition coefficient (Wildman–Crippen LogP) is 0.195. The van der Waals surface area contributed by atoms with Crippen molar-refractivity contribution >= 4 is 23.8 Å². The number of carbonyl (C=O) groups is 3. The van der Waals surface area contributed by atoms with Gasteiger partial charge in [-0.2, -0.15) is 5.01 Å². The summed E-state index contributed by atoms with van der Waals surface area (Å²) < 4.78 is 0. The fraction of sp³-hybridized carbons (Fsp3) is 0.0833. The van der Waals surface area contributed by atoms with Crippen LogP contribution in [-0.4, -0.2) is 27.8 Å². The lowest BCUT2D eigenvalue weighted by Crippen LogP contribution is -2.39. The van der Waals surface area contributed by atoms with Crippen molar-refractivity contribution in [1.29, 1.82) is 0 Å². The highest BCUT2D eigenvalue weighted by atomic mass is 16.3. The molecule has 0 spiro atoms. The van der Waals surface area contributed by atoms with E-state index < -0.39 is 17.7 Å². The summed E-state index contributed by atoms with van der Waals surface area (Å²) in [6.07, 6.45) is 1.36. The van der Waals surface area contributed by atoms with Crippen molar-refractivity contribution in [3.63, 3.8) is 0 Å². The number of benzene rings is 1. The Morgan fingerprint density at radius 2 is 1.89 bits per heavy atom. The Morgan fingerprint density at radius 1 is 1.28 bits per heavy atom. The van der Waals surface area contributed by atoms with Crippen molar-refractivity contribution < 1.29 is 19.5 Å². The number of phenolic OH excluding ortho intramolecular Hbond substituents is 1. The van der Waals surface area contributed by atoms with Crippen molar-refractivity contribution in [3.05, 3.63) is 35.4 Å². The molecule has 1 fully saturated rings. The molecule has 3 amide bonds. The lowest BCUT2D eigenvalue weighted by atomic mass is 10.1. The monoisotopic (exact) mass is 246 g/mol. The van der Waals surface area contributed by atoms with Crippen LogP contribution in [0.1, 0.15) is 12.5 Å². The third-order valence-electron chi connectivity index (χ3n) is 2.41. The Bertz CT molecular complexity index is 560. The highest BCUT2D eigenvalue weighted by Crippen LogP contribution is 2.16. The van der Waals surface area contributed by atoms with Crippen molar-refractivity contribution in [2.24, 2.45) is 0 Å². The first-order valence-corrected chi connectivity index (χ1v) is 5.16. The fourth-order valence-electron chi connectivity index (χ4n) is 1.52. The molecule has 0 atom stereocenters. The van der Waals surface area contributed by atoms with E-state index in [0.717, 1.165) is 0 Å². The molecule has 1 aromatic carbocycles. The zero-order valence-corrected chi connectivity index (χ0v) is 9.51. The first-order chi connectivity index (χ1) is 8.49. The lowest BCUT2D eigenvalue weighted by Gasteiger charge is -2.07. The molecular formula is C12H10N2O4. The Balaban J connectivity index is 2.33. The summed E-state index contributed by atoms with van der Waals surface area (Å²) in [5.74, 6) is -1.77. The summed E-state index contributed by atoms with van der Waals surface area (Å²) in [7, 11) is 0. The molecule has 2 N–H and O–H groups in total. The summed E-state index contributed by atoms with van der Waals surface area (Å²) in [5, 5.41) is 9.78. The van der Waals surface area contributed by atoms with Crippen LogP contribution in [0, 0.1) is 0 Å². The van der Waals surface area contributed by atoms with Crippen LogP contribution in [0.3, 0.4) is 0 Å². The van der Waals surface area contributed by atoms with Crippen LogP contribution in [0.2, 0.25) is 0 Å². The molecule has 1 aliphatic rings. The number of amides is 3. The molecule has 6 heteroatoms. The van der Waals surface area contributed by atoms with Gasteiger partial charge in [0, 0.05) is 6.92 Å². The van der Waals surface area contributed by atoms with Gasteiger partial charge in [0.25, 0.3) is 11.8 Å². The highest BCUT2D eigenvalue weighted by Gasteiger charge is 2.35. The van der Waals surface area contributed by atoms with Gasteiger partial charge in [0.1, 0.15) is 11.3 Å². The van der Waals surface area contributed by atoms with Gasteiger partial charge >= 0.3 is 0 Å².